The highest BCUT2D eigenvalue weighted by atomic mass is 127. The van der Waals surface area contributed by atoms with Gasteiger partial charge in [0, 0.05) is 10.0 Å². The van der Waals surface area contributed by atoms with Gasteiger partial charge in [-0.1, -0.05) is 0 Å². The first kappa shape index (κ1) is 18.3. The molecule has 1 saturated heterocycles. The van der Waals surface area contributed by atoms with E-state index in [1.807, 2.05) is 0 Å². The molecule has 0 amide bonds. The van der Waals surface area contributed by atoms with Crippen LogP contribution < -0.4 is 0 Å². The van der Waals surface area contributed by atoms with Gasteiger partial charge in [-0.05, 0) is 78.4 Å². The summed E-state index contributed by atoms with van der Waals surface area (Å²) in [5.74, 6) is -1.54. The molecule has 1 aromatic rings. The monoisotopic (exact) mass is 488 g/mol. The molecular formula is C14H14BBrF3IO2. The quantitative estimate of drug-likeness (QED) is 0.244. The molecule has 1 aliphatic rings. The first-order valence-corrected chi connectivity index (χ1v) is 8.39. The summed E-state index contributed by atoms with van der Waals surface area (Å²) in [5, 5.41) is 0. The van der Waals surface area contributed by atoms with Gasteiger partial charge in [-0.25, -0.2) is 13.2 Å². The molecule has 0 aromatic heterocycles. The molecule has 1 heterocycles. The Morgan fingerprint density at radius 3 is 2.23 bits per heavy atom. The predicted molar refractivity (Wildman–Crippen MR) is 91.9 cm³/mol. The van der Waals surface area contributed by atoms with Crippen LogP contribution in [0.2, 0.25) is 0 Å². The number of halogens is 5. The minimum atomic E-state index is -1.22. The number of hydrogen-bond acceptors (Lipinski definition) is 2. The fourth-order valence-corrected chi connectivity index (χ4v) is 2.81. The smallest absolute Gasteiger partial charge is 0.398 e. The molecule has 0 bridgehead atoms. The van der Waals surface area contributed by atoms with E-state index < -0.39 is 35.7 Å². The maximum Gasteiger partial charge on any atom is 0.525 e. The minimum Gasteiger partial charge on any atom is -0.398 e. The first-order chi connectivity index (χ1) is 9.96. The van der Waals surface area contributed by atoms with Crippen LogP contribution in [-0.4, -0.2) is 18.3 Å². The lowest BCUT2D eigenvalue weighted by Crippen LogP contribution is -2.41. The van der Waals surface area contributed by atoms with Crippen molar-refractivity contribution in [2.24, 2.45) is 0 Å². The molecule has 2 nitrogen and oxygen atoms in total. The number of rotatable bonds is 2. The van der Waals surface area contributed by atoms with Crippen LogP contribution in [0.3, 0.4) is 0 Å². The van der Waals surface area contributed by atoms with Crippen molar-refractivity contribution < 1.29 is 22.5 Å². The maximum atomic E-state index is 14.4. The Morgan fingerprint density at radius 2 is 1.73 bits per heavy atom. The summed E-state index contributed by atoms with van der Waals surface area (Å²) < 4.78 is 53.0. The van der Waals surface area contributed by atoms with Crippen molar-refractivity contribution in [3.8, 4) is 0 Å². The third-order valence-corrected chi connectivity index (χ3v) is 5.56. The normalized spacial score (nSPS) is 20.6. The van der Waals surface area contributed by atoms with Gasteiger partial charge in [0.05, 0.1) is 14.8 Å². The van der Waals surface area contributed by atoms with E-state index in [-0.39, 0.29) is 13.6 Å². The summed E-state index contributed by atoms with van der Waals surface area (Å²) in [4.78, 5) is 0. The van der Waals surface area contributed by atoms with Crippen molar-refractivity contribution in [1.29, 1.82) is 0 Å². The molecule has 0 atom stereocenters. The van der Waals surface area contributed by atoms with Gasteiger partial charge in [0.1, 0.15) is 17.4 Å². The van der Waals surface area contributed by atoms with Gasteiger partial charge in [0.15, 0.2) is 0 Å². The summed E-state index contributed by atoms with van der Waals surface area (Å²) in [5.41, 5.74) is -2.26. The lowest BCUT2D eigenvalue weighted by Gasteiger charge is -2.32. The number of hydrogen-bond donors (Lipinski definition) is 0. The molecule has 0 spiro atoms. The summed E-state index contributed by atoms with van der Waals surface area (Å²) in [6, 6.07) is 1.09. The molecule has 120 valence electrons. The fourth-order valence-electron chi connectivity index (χ4n) is 1.87. The average Bonchev–Trinajstić information content (AvgIpc) is 2.61. The van der Waals surface area contributed by atoms with Crippen LogP contribution >= 0.6 is 38.5 Å². The Bertz CT molecular complexity index is 633. The van der Waals surface area contributed by atoms with E-state index in [0.717, 1.165) is 12.1 Å². The van der Waals surface area contributed by atoms with Crippen molar-refractivity contribution in [1.82, 2.24) is 0 Å². The molecule has 0 saturated carbocycles. The third kappa shape index (κ3) is 3.25. The molecule has 22 heavy (non-hydrogen) atoms. The van der Waals surface area contributed by atoms with Gasteiger partial charge in [-0.3, -0.25) is 0 Å². The molecule has 1 fully saturated rings. The van der Waals surface area contributed by atoms with Crippen molar-refractivity contribution in [2.75, 3.05) is 0 Å². The van der Waals surface area contributed by atoms with Crippen LogP contribution in [0.5, 0.6) is 0 Å². The molecular weight excluding hydrogens is 475 g/mol. The van der Waals surface area contributed by atoms with Crippen LogP contribution in [0.25, 0.3) is 6.08 Å². The largest absolute Gasteiger partial charge is 0.525 e. The molecule has 0 N–H and O–H groups in total. The van der Waals surface area contributed by atoms with Crippen LogP contribution in [-0.2, 0) is 9.31 Å². The van der Waals surface area contributed by atoms with E-state index in [1.54, 1.807) is 27.7 Å². The van der Waals surface area contributed by atoms with Crippen LogP contribution in [0, 0.1) is 15.2 Å². The highest BCUT2D eigenvalue weighted by Gasteiger charge is 2.53. The highest BCUT2D eigenvalue weighted by Crippen LogP contribution is 2.39. The van der Waals surface area contributed by atoms with Gasteiger partial charge < -0.3 is 9.31 Å². The molecule has 2 rings (SSSR count). The lowest BCUT2D eigenvalue weighted by molar-refractivity contribution is 0.00578. The van der Waals surface area contributed by atoms with E-state index >= 15 is 0 Å². The molecule has 0 radical (unpaired) electrons. The van der Waals surface area contributed by atoms with E-state index in [1.165, 1.54) is 22.6 Å². The van der Waals surface area contributed by atoms with Gasteiger partial charge >= 0.3 is 7.12 Å². The van der Waals surface area contributed by atoms with E-state index in [9.17, 15) is 13.2 Å². The molecule has 1 aliphatic heterocycles. The van der Waals surface area contributed by atoms with Gasteiger partial charge in [-0.15, -0.1) is 0 Å². The number of benzene rings is 1. The Hall–Kier alpha value is -0.0551. The first-order valence-electron chi connectivity index (χ1n) is 6.52. The third-order valence-electron chi connectivity index (χ3n) is 3.91. The Morgan fingerprint density at radius 1 is 1.23 bits per heavy atom. The standard InChI is InChI=1S/C14H14BBrF3IO2/c1-13(2)14(3,4)22-15(21-13)10(18)5-7-8(16)6-9(17)12(20)11(7)19/h5-6H,1-4H3. The Kier molecular flexibility index (Phi) is 5.07. The van der Waals surface area contributed by atoms with Crippen LogP contribution in [0.4, 0.5) is 13.2 Å². The second-order valence-corrected chi connectivity index (χ2v) is 7.93. The lowest BCUT2D eigenvalue weighted by atomic mass is 9.87. The maximum absolute atomic E-state index is 14.4. The SMILES string of the molecule is CC1(C)OB(C(F)=Cc2c(Br)cc(F)c(I)c2F)OC1(C)C. The molecule has 1 aromatic carbocycles. The van der Waals surface area contributed by atoms with Crippen LogP contribution in [0.1, 0.15) is 33.3 Å². The average molecular weight is 489 g/mol. The predicted octanol–water partition coefficient (Wildman–Crippen LogP) is 5.27. The summed E-state index contributed by atoms with van der Waals surface area (Å²) >= 11 is 4.57. The Balaban J connectivity index is 2.38. The highest BCUT2D eigenvalue weighted by molar-refractivity contribution is 14.1. The van der Waals surface area contributed by atoms with Crippen molar-refractivity contribution in [3.05, 3.63) is 37.0 Å². The zero-order valence-electron chi connectivity index (χ0n) is 12.4. The minimum absolute atomic E-state index is 0.0852. The molecule has 0 unspecified atom stereocenters. The van der Waals surface area contributed by atoms with Gasteiger partial charge in [0.2, 0.25) is 0 Å². The zero-order chi connectivity index (χ0) is 16.9. The summed E-state index contributed by atoms with van der Waals surface area (Å²) in [7, 11) is -1.22. The van der Waals surface area contributed by atoms with Crippen molar-refractivity contribution in [3.63, 3.8) is 0 Å². The van der Waals surface area contributed by atoms with E-state index in [4.69, 9.17) is 9.31 Å². The van der Waals surface area contributed by atoms with Gasteiger partial charge in [0.25, 0.3) is 0 Å². The second kappa shape index (κ2) is 6.10. The van der Waals surface area contributed by atoms with Crippen LogP contribution in [0.15, 0.2) is 16.3 Å². The second-order valence-electron chi connectivity index (χ2n) is 6.00. The summed E-state index contributed by atoms with van der Waals surface area (Å²) in [6.07, 6.45) is 0.961. The fraction of sp³-hybridized carbons (Fsp3) is 0.429. The summed E-state index contributed by atoms with van der Waals surface area (Å²) in [6.45, 7) is 7.16. The van der Waals surface area contributed by atoms with E-state index in [2.05, 4.69) is 15.9 Å². The van der Waals surface area contributed by atoms with Crippen molar-refractivity contribution >= 4 is 51.7 Å². The zero-order valence-corrected chi connectivity index (χ0v) is 16.2. The molecule has 8 heteroatoms. The topological polar surface area (TPSA) is 18.5 Å². The van der Waals surface area contributed by atoms with E-state index in [0.29, 0.717) is 0 Å². The van der Waals surface area contributed by atoms with Gasteiger partial charge in [-0.2, -0.15) is 0 Å². The Labute approximate surface area is 149 Å². The van der Waals surface area contributed by atoms with Crippen molar-refractivity contribution in [2.45, 2.75) is 38.9 Å². The molecule has 0 aliphatic carbocycles.